The number of halogens is 2. The lowest BCUT2D eigenvalue weighted by Gasteiger charge is -2.04. The standard InChI is InChI=1S/C7H5F2NO2S/c8-6-2-3-5(13-6)1-4(10-3)7(11)12-9/h2,4,10H,1H2. The average molecular weight is 205 g/mol. The van der Waals surface area contributed by atoms with Gasteiger partial charge in [-0.15, -0.1) is 11.3 Å². The van der Waals surface area contributed by atoms with Crippen LogP contribution in [0.2, 0.25) is 0 Å². The second kappa shape index (κ2) is 2.95. The smallest absolute Gasteiger partial charge is 0.371 e. The van der Waals surface area contributed by atoms with Gasteiger partial charge in [-0.05, 0) is 0 Å². The second-order valence-corrected chi connectivity index (χ2v) is 3.77. The van der Waals surface area contributed by atoms with E-state index in [4.69, 9.17) is 0 Å². The van der Waals surface area contributed by atoms with E-state index in [0.717, 1.165) is 11.3 Å². The number of thiophene rings is 1. The zero-order valence-corrected chi connectivity index (χ0v) is 7.16. The summed E-state index contributed by atoms with van der Waals surface area (Å²) < 4.78 is 24.1. The van der Waals surface area contributed by atoms with Gasteiger partial charge >= 0.3 is 5.97 Å². The maximum atomic E-state index is 12.6. The number of fused-ring (bicyclic) bond motifs is 1. The van der Waals surface area contributed by atoms with Crippen LogP contribution in [-0.4, -0.2) is 12.0 Å². The first kappa shape index (κ1) is 8.43. The van der Waals surface area contributed by atoms with Gasteiger partial charge in [-0.2, -0.15) is 4.39 Å². The largest absolute Gasteiger partial charge is 0.371 e. The minimum atomic E-state index is -0.969. The minimum Gasteiger partial charge on any atom is -0.371 e. The Labute approximate surface area is 76.2 Å². The SMILES string of the molecule is O=C(OF)C1Cc2sc(F)cc2N1. The van der Waals surface area contributed by atoms with E-state index in [0.29, 0.717) is 10.6 Å². The summed E-state index contributed by atoms with van der Waals surface area (Å²) in [6, 6.07) is 0.567. The van der Waals surface area contributed by atoms with Gasteiger partial charge in [-0.1, -0.05) is 0 Å². The topological polar surface area (TPSA) is 38.3 Å². The Morgan fingerprint density at radius 2 is 2.54 bits per heavy atom. The van der Waals surface area contributed by atoms with Crippen molar-refractivity contribution in [3.8, 4) is 0 Å². The Morgan fingerprint density at radius 3 is 3.15 bits per heavy atom. The molecule has 2 heterocycles. The van der Waals surface area contributed by atoms with Crippen LogP contribution in [-0.2, 0) is 16.2 Å². The molecule has 1 aliphatic heterocycles. The third kappa shape index (κ3) is 1.37. The Kier molecular flexibility index (Phi) is 1.91. The van der Waals surface area contributed by atoms with Crippen molar-refractivity contribution < 1.29 is 18.7 Å². The molecule has 0 radical (unpaired) electrons. The lowest BCUT2D eigenvalue weighted by Crippen LogP contribution is -2.27. The molecule has 0 amide bonds. The van der Waals surface area contributed by atoms with Crippen molar-refractivity contribution in [3.63, 3.8) is 0 Å². The van der Waals surface area contributed by atoms with Crippen LogP contribution in [0.25, 0.3) is 0 Å². The molecule has 6 heteroatoms. The fourth-order valence-electron chi connectivity index (χ4n) is 1.29. The Hall–Kier alpha value is -1.17. The maximum absolute atomic E-state index is 12.6. The summed E-state index contributed by atoms with van der Waals surface area (Å²) in [5, 5.41) is 2.35. The van der Waals surface area contributed by atoms with E-state index in [1.165, 1.54) is 6.07 Å². The Balaban J connectivity index is 2.15. The highest BCUT2D eigenvalue weighted by molar-refractivity contribution is 7.11. The molecule has 1 unspecified atom stereocenters. The van der Waals surface area contributed by atoms with Gasteiger partial charge in [-0.3, -0.25) is 4.94 Å². The molecule has 0 saturated heterocycles. The fourth-order valence-corrected chi connectivity index (χ4v) is 2.18. The first-order valence-corrected chi connectivity index (χ1v) is 4.39. The summed E-state index contributed by atoms with van der Waals surface area (Å²) in [4.78, 5) is 14.5. The van der Waals surface area contributed by atoms with Crippen molar-refractivity contribution in [2.24, 2.45) is 0 Å². The maximum Gasteiger partial charge on any atom is 0.371 e. The summed E-state index contributed by atoms with van der Waals surface area (Å²) in [5.41, 5.74) is 0.554. The predicted octanol–water partition coefficient (Wildman–Crippen LogP) is 1.65. The third-order valence-electron chi connectivity index (χ3n) is 1.86. The van der Waals surface area contributed by atoms with Crippen LogP contribution >= 0.6 is 11.3 Å². The fraction of sp³-hybridized carbons (Fsp3) is 0.286. The summed E-state index contributed by atoms with van der Waals surface area (Å²) in [6.45, 7) is 0. The molecule has 0 spiro atoms. The minimum absolute atomic E-state index is 0.284. The lowest BCUT2D eigenvalue weighted by atomic mass is 10.2. The van der Waals surface area contributed by atoms with Crippen LogP contribution in [0.3, 0.4) is 0 Å². The molecule has 3 nitrogen and oxygen atoms in total. The van der Waals surface area contributed by atoms with Crippen LogP contribution in [0.4, 0.5) is 14.6 Å². The van der Waals surface area contributed by atoms with Crippen molar-refractivity contribution in [2.75, 3.05) is 5.32 Å². The molecule has 0 fully saturated rings. The van der Waals surface area contributed by atoms with Crippen LogP contribution in [0.15, 0.2) is 6.07 Å². The van der Waals surface area contributed by atoms with E-state index in [9.17, 15) is 13.7 Å². The van der Waals surface area contributed by atoms with Gasteiger partial charge in [0.1, 0.15) is 6.04 Å². The molecule has 1 N–H and O–H groups in total. The van der Waals surface area contributed by atoms with E-state index in [2.05, 4.69) is 10.3 Å². The molecule has 0 aromatic carbocycles. The van der Waals surface area contributed by atoms with Crippen LogP contribution < -0.4 is 5.32 Å². The van der Waals surface area contributed by atoms with Gasteiger partial charge in [0.15, 0.2) is 5.13 Å². The number of rotatable bonds is 1. The predicted molar refractivity (Wildman–Crippen MR) is 42.6 cm³/mol. The molecular formula is C7H5F2NO2S. The number of carbonyl (C=O) groups excluding carboxylic acids is 1. The number of nitrogens with one attached hydrogen (secondary N) is 1. The van der Waals surface area contributed by atoms with E-state index < -0.39 is 12.0 Å². The van der Waals surface area contributed by atoms with Crippen molar-refractivity contribution >= 4 is 23.0 Å². The monoisotopic (exact) mass is 205 g/mol. The highest BCUT2D eigenvalue weighted by Gasteiger charge is 2.30. The quantitative estimate of drug-likeness (QED) is 0.757. The first-order valence-electron chi connectivity index (χ1n) is 3.58. The first-order chi connectivity index (χ1) is 6.20. The van der Waals surface area contributed by atoms with Crippen molar-refractivity contribution in [1.82, 2.24) is 0 Å². The van der Waals surface area contributed by atoms with E-state index in [-0.39, 0.29) is 11.6 Å². The normalized spacial score (nSPS) is 19.4. The number of hydrogen-bond donors (Lipinski definition) is 1. The van der Waals surface area contributed by atoms with Crippen molar-refractivity contribution in [2.45, 2.75) is 12.5 Å². The zero-order valence-electron chi connectivity index (χ0n) is 6.34. The van der Waals surface area contributed by atoms with Crippen LogP contribution in [0.5, 0.6) is 0 Å². The molecule has 2 rings (SSSR count). The third-order valence-corrected chi connectivity index (χ3v) is 2.80. The van der Waals surface area contributed by atoms with Gasteiger partial charge in [0.05, 0.1) is 5.69 Å². The van der Waals surface area contributed by atoms with Gasteiger partial charge < -0.3 is 5.32 Å². The van der Waals surface area contributed by atoms with Crippen molar-refractivity contribution in [3.05, 3.63) is 16.1 Å². The molecule has 1 aromatic heterocycles. The molecule has 1 atom stereocenters. The summed E-state index contributed by atoms with van der Waals surface area (Å²) in [6.07, 6.45) is 0.284. The van der Waals surface area contributed by atoms with Gasteiger partial charge in [0.2, 0.25) is 0 Å². The highest BCUT2D eigenvalue weighted by atomic mass is 32.1. The number of hydrogen-bond acceptors (Lipinski definition) is 4. The molecule has 70 valence electrons. The van der Waals surface area contributed by atoms with E-state index in [1.807, 2.05) is 0 Å². The Morgan fingerprint density at radius 1 is 1.77 bits per heavy atom. The molecule has 13 heavy (non-hydrogen) atoms. The lowest BCUT2D eigenvalue weighted by molar-refractivity contribution is -0.184. The summed E-state index contributed by atoms with van der Waals surface area (Å²) >= 11 is 0.949. The Bertz CT molecular complexity index is 329. The molecule has 1 aromatic rings. The summed E-state index contributed by atoms with van der Waals surface area (Å²) in [5.74, 6) is -0.969. The molecule has 0 saturated carbocycles. The van der Waals surface area contributed by atoms with E-state index >= 15 is 0 Å². The summed E-state index contributed by atoms with van der Waals surface area (Å²) in [7, 11) is 0. The van der Waals surface area contributed by atoms with Crippen LogP contribution in [0.1, 0.15) is 4.88 Å². The van der Waals surface area contributed by atoms with Crippen molar-refractivity contribution in [1.29, 1.82) is 0 Å². The number of carbonyl (C=O) groups is 1. The molecular weight excluding hydrogens is 200 g/mol. The second-order valence-electron chi connectivity index (χ2n) is 2.68. The van der Waals surface area contributed by atoms with E-state index in [1.54, 1.807) is 0 Å². The van der Waals surface area contributed by atoms with Gasteiger partial charge in [-0.25, -0.2) is 4.79 Å². The highest BCUT2D eigenvalue weighted by Crippen LogP contribution is 2.33. The molecule has 1 aliphatic rings. The van der Waals surface area contributed by atoms with Gasteiger partial charge in [0.25, 0.3) is 0 Å². The molecule has 0 aliphatic carbocycles. The number of anilines is 1. The molecule has 0 bridgehead atoms. The zero-order chi connectivity index (χ0) is 9.42. The average Bonchev–Trinajstić information content (AvgIpc) is 2.59. The van der Waals surface area contributed by atoms with Crippen LogP contribution in [0, 0.1) is 5.13 Å². The van der Waals surface area contributed by atoms with Gasteiger partial charge in [0, 0.05) is 21.9 Å².